The number of hydrogen-bond donors (Lipinski definition) is 1. The molecule has 2 N–H and O–H groups in total. The van der Waals surface area contributed by atoms with E-state index in [1.165, 1.54) is 19.4 Å². The number of hydrogen-bond acceptors (Lipinski definition) is 3. The Balaban J connectivity index is 1.84. The van der Waals surface area contributed by atoms with Crippen LogP contribution in [0.1, 0.15) is 52.9 Å². The minimum absolute atomic E-state index is 0.00995. The van der Waals surface area contributed by atoms with Gasteiger partial charge in [-0.15, -0.1) is 0 Å². The van der Waals surface area contributed by atoms with Crippen LogP contribution in [-0.2, 0) is 4.79 Å². The summed E-state index contributed by atoms with van der Waals surface area (Å²) in [4.78, 5) is 17.0. The predicted octanol–water partition coefficient (Wildman–Crippen LogP) is 2.08. The van der Waals surface area contributed by atoms with Crippen molar-refractivity contribution in [2.45, 2.75) is 65.0 Å². The van der Waals surface area contributed by atoms with Crippen LogP contribution < -0.4 is 5.73 Å². The first-order valence-electron chi connectivity index (χ1n) is 8.50. The van der Waals surface area contributed by atoms with Gasteiger partial charge in [0, 0.05) is 31.6 Å². The van der Waals surface area contributed by atoms with Crippen LogP contribution in [0.5, 0.6) is 0 Å². The maximum absolute atomic E-state index is 12.5. The first-order valence-corrected chi connectivity index (χ1v) is 8.50. The van der Waals surface area contributed by atoms with E-state index < -0.39 is 0 Å². The molecule has 4 nitrogen and oxygen atoms in total. The highest BCUT2D eigenvalue weighted by Gasteiger charge is 2.35. The molecular weight excluding hydrogens is 262 g/mol. The van der Waals surface area contributed by atoms with Gasteiger partial charge in [-0.05, 0) is 50.6 Å². The molecule has 0 aromatic heterocycles. The minimum Gasteiger partial charge on any atom is -0.342 e. The molecule has 0 bridgehead atoms. The Kier molecular flexibility index (Phi) is 5.31. The Morgan fingerprint density at radius 1 is 1.29 bits per heavy atom. The molecule has 2 aliphatic rings. The fraction of sp³-hybridized carbons (Fsp3) is 0.941. The molecule has 0 aromatic rings. The van der Waals surface area contributed by atoms with E-state index in [2.05, 4.69) is 37.6 Å². The van der Waals surface area contributed by atoms with Crippen molar-refractivity contribution in [3.63, 3.8) is 0 Å². The molecule has 0 aromatic carbocycles. The van der Waals surface area contributed by atoms with Gasteiger partial charge >= 0.3 is 0 Å². The Labute approximate surface area is 130 Å². The van der Waals surface area contributed by atoms with E-state index in [0.717, 1.165) is 25.9 Å². The van der Waals surface area contributed by atoms with Gasteiger partial charge in [-0.2, -0.15) is 0 Å². The highest BCUT2D eigenvalue weighted by atomic mass is 16.2. The van der Waals surface area contributed by atoms with Crippen LogP contribution >= 0.6 is 0 Å². The van der Waals surface area contributed by atoms with Crippen molar-refractivity contribution < 1.29 is 4.79 Å². The van der Waals surface area contributed by atoms with E-state index >= 15 is 0 Å². The minimum atomic E-state index is -0.00995. The van der Waals surface area contributed by atoms with Crippen LogP contribution in [0.4, 0.5) is 0 Å². The summed E-state index contributed by atoms with van der Waals surface area (Å²) >= 11 is 0. The molecule has 2 aliphatic heterocycles. The van der Waals surface area contributed by atoms with Crippen LogP contribution in [0.15, 0.2) is 0 Å². The maximum atomic E-state index is 12.5. The number of fused-ring (bicyclic) bond motifs is 1. The molecule has 3 atom stereocenters. The molecule has 2 rings (SSSR count). The number of amides is 1. The van der Waals surface area contributed by atoms with Crippen LogP contribution in [-0.4, -0.2) is 54.5 Å². The van der Waals surface area contributed by atoms with E-state index in [0.29, 0.717) is 18.4 Å². The number of carbonyl (C=O) groups is 1. The van der Waals surface area contributed by atoms with Crippen molar-refractivity contribution in [3.8, 4) is 0 Å². The number of piperidine rings is 2. The second-order valence-corrected chi connectivity index (χ2v) is 8.31. The number of likely N-dealkylation sites (tertiary alicyclic amines) is 2. The fourth-order valence-electron chi connectivity index (χ4n) is 4.09. The summed E-state index contributed by atoms with van der Waals surface area (Å²) in [5.41, 5.74) is 6.36. The van der Waals surface area contributed by atoms with E-state index in [9.17, 15) is 4.79 Å². The van der Waals surface area contributed by atoms with Gasteiger partial charge in [0.1, 0.15) is 0 Å². The third kappa shape index (κ3) is 4.68. The van der Waals surface area contributed by atoms with Gasteiger partial charge in [0.15, 0.2) is 0 Å². The van der Waals surface area contributed by atoms with Gasteiger partial charge in [-0.1, -0.05) is 20.8 Å². The van der Waals surface area contributed by atoms with Crippen molar-refractivity contribution in [2.75, 3.05) is 26.7 Å². The summed E-state index contributed by atoms with van der Waals surface area (Å²) in [6, 6.07) is 0.676. The van der Waals surface area contributed by atoms with Crippen molar-refractivity contribution in [2.24, 2.45) is 17.1 Å². The Hall–Kier alpha value is -0.610. The first-order chi connectivity index (χ1) is 9.76. The molecule has 1 amide bonds. The molecular formula is C17H33N3O. The van der Waals surface area contributed by atoms with Crippen molar-refractivity contribution in [3.05, 3.63) is 0 Å². The Morgan fingerprint density at radius 2 is 2.00 bits per heavy atom. The third-order valence-corrected chi connectivity index (χ3v) is 5.01. The lowest BCUT2D eigenvalue weighted by atomic mass is 9.83. The Morgan fingerprint density at radius 3 is 2.67 bits per heavy atom. The summed E-state index contributed by atoms with van der Waals surface area (Å²) in [7, 11) is 2.23. The zero-order valence-corrected chi connectivity index (χ0v) is 14.3. The lowest BCUT2D eigenvalue weighted by Gasteiger charge is -2.46. The zero-order chi connectivity index (χ0) is 15.6. The van der Waals surface area contributed by atoms with Gasteiger partial charge in [0.25, 0.3) is 0 Å². The quantitative estimate of drug-likeness (QED) is 0.867. The fourth-order valence-corrected chi connectivity index (χ4v) is 4.09. The molecule has 3 unspecified atom stereocenters. The summed E-state index contributed by atoms with van der Waals surface area (Å²) < 4.78 is 0. The number of nitrogens with zero attached hydrogens (tertiary/aromatic N) is 2. The predicted molar refractivity (Wildman–Crippen MR) is 87.0 cm³/mol. The van der Waals surface area contributed by atoms with Crippen molar-refractivity contribution >= 4 is 5.91 Å². The number of nitrogens with two attached hydrogens (primary N) is 1. The second kappa shape index (κ2) is 6.66. The molecule has 4 heteroatoms. The zero-order valence-electron chi connectivity index (χ0n) is 14.3. The lowest BCUT2D eigenvalue weighted by molar-refractivity contribution is -0.135. The normalized spacial score (nSPS) is 29.1. The molecule has 21 heavy (non-hydrogen) atoms. The first kappa shape index (κ1) is 16.8. The van der Waals surface area contributed by atoms with Crippen molar-refractivity contribution in [1.29, 1.82) is 0 Å². The maximum Gasteiger partial charge on any atom is 0.224 e. The summed E-state index contributed by atoms with van der Waals surface area (Å²) in [5, 5.41) is 0. The molecule has 2 heterocycles. The van der Waals surface area contributed by atoms with Gasteiger partial charge in [0.2, 0.25) is 5.91 Å². The van der Waals surface area contributed by atoms with Crippen LogP contribution in [0.2, 0.25) is 0 Å². The van der Waals surface area contributed by atoms with E-state index in [4.69, 9.17) is 5.73 Å². The molecule has 2 saturated heterocycles. The second-order valence-electron chi connectivity index (χ2n) is 8.31. The van der Waals surface area contributed by atoms with Crippen molar-refractivity contribution in [1.82, 2.24) is 9.80 Å². The topological polar surface area (TPSA) is 49.6 Å². The molecule has 0 radical (unpaired) electrons. The Bertz CT molecular complexity index is 364. The molecule has 0 aliphatic carbocycles. The smallest absolute Gasteiger partial charge is 0.224 e. The third-order valence-electron chi connectivity index (χ3n) is 5.01. The van der Waals surface area contributed by atoms with E-state index in [1.54, 1.807) is 0 Å². The molecule has 122 valence electrons. The van der Waals surface area contributed by atoms with Gasteiger partial charge < -0.3 is 15.5 Å². The number of carbonyl (C=O) groups excluding carboxylic acids is 1. The highest BCUT2D eigenvalue weighted by Crippen LogP contribution is 2.30. The van der Waals surface area contributed by atoms with Crippen LogP contribution in [0.25, 0.3) is 0 Å². The molecule has 0 spiro atoms. The molecule has 0 saturated carbocycles. The summed E-state index contributed by atoms with van der Waals surface area (Å²) in [6.45, 7) is 9.61. The number of rotatable bonds is 3. The highest BCUT2D eigenvalue weighted by molar-refractivity contribution is 5.77. The average molecular weight is 295 g/mol. The lowest BCUT2D eigenvalue weighted by Crippen LogP contribution is -2.54. The summed E-state index contributed by atoms with van der Waals surface area (Å²) in [5.74, 6) is 0.929. The van der Waals surface area contributed by atoms with Crippen LogP contribution in [0.3, 0.4) is 0 Å². The standard InChI is InChI=1S/C17H33N3O/c1-17(2,3)11-14(18)10-16(21)20-9-7-15-13(12-20)6-5-8-19(15)4/h13-15H,5-12,18H2,1-4H3. The summed E-state index contributed by atoms with van der Waals surface area (Å²) in [6.07, 6.45) is 5.07. The van der Waals surface area contributed by atoms with Gasteiger partial charge in [0.05, 0.1) is 0 Å². The molecule has 2 fully saturated rings. The van der Waals surface area contributed by atoms with Gasteiger partial charge in [-0.25, -0.2) is 0 Å². The van der Waals surface area contributed by atoms with E-state index in [1.807, 2.05) is 0 Å². The van der Waals surface area contributed by atoms with E-state index in [-0.39, 0.29) is 17.4 Å². The average Bonchev–Trinajstić information content (AvgIpc) is 2.36. The SMILES string of the molecule is CN1CCCC2CN(C(=O)CC(N)CC(C)(C)C)CCC21. The van der Waals surface area contributed by atoms with Gasteiger partial charge in [-0.3, -0.25) is 4.79 Å². The van der Waals surface area contributed by atoms with Crippen LogP contribution in [0, 0.1) is 11.3 Å². The monoisotopic (exact) mass is 295 g/mol. The largest absolute Gasteiger partial charge is 0.342 e.